The summed E-state index contributed by atoms with van der Waals surface area (Å²) < 4.78 is 13.4. The highest BCUT2D eigenvalue weighted by atomic mass is 79.9. The Morgan fingerprint density at radius 2 is 2.15 bits per heavy atom. The molecule has 72 valence electrons. The predicted molar refractivity (Wildman–Crippen MR) is 54.7 cm³/mol. The molecule has 1 aromatic rings. The van der Waals surface area contributed by atoms with Crippen LogP contribution in [0.1, 0.15) is 18.0 Å². The first kappa shape index (κ1) is 10.6. The number of hydrogen-bond acceptors (Lipinski definition) is 2. The fraction of sp³-hybridized carbons (Fsp3) is 0.333. The predicted octanol–water partition coefficient (Wildman–Crippen LogP) is 1.94. The van der Waals surface area contributed by atoms with Gasteiger partial charge in [-0.1, -0.05) is 22.0 Å². The van der Waals surface area contributed by atoms with Gasteiger partial charge in [-0.3, -0.25) is 0 Å². The van der Waals surface area contributed by atoms with Gasteiger partial charge in [0.1, 0.15) is 5.82 Å². The Labute approximate surface area is 85.2 Å². The molecule has 1 aromatic carbocycles. The summed E-state index contributed by atoms with van der Waals surface area (Å²) in [5, 5.41) is 0. The van der Waals surface area contributed by atoms with Crippen molar-refractivity contribution in [3.8, 4) is 0 Å². The zero-order valence-electron chi connectivity index (χ0n) is 7.13. The van der Waals surface area contributed by atoms with Crippen molar-refractivity contribution in [1.82, 2.24) is 0 Å². The molecular weight excluding hydrogens is 235 g/mol. The lowest BCUT2D eigenvalue weighted by atomic mass is 10.1. The summed E-state index contributed by atoms with van der Waals surface area (Å²) in [7, 11) is 0. The van der Waals surface area contributed by atoms with Gasteiger partial charge in [0.2, 0.25) is 0 Å². The molecule has 0 aliphatic carbocycles. The molecule has 0 spiro atoms. The van der Waals surface area contributed by atoms with Gasteiger partial charge in [-0.2, -0.15) is 0 Å². The molecule has 1 atom stereocenters. The van der Waals surface area contributed by atoms with Gasteiger partial charge in [0.05, 0.1) is 0 Å². The third-order valence-electron chi connectivity index (χ3n) is 1.84. The first-order valence-corrected chi connectivity index (χ1v) is 4.85. The van der Waals surface area contributed by atoms with E-state index in [9.17, 15) is 4.39 Å². The van der Waals surface area contributed by atoms with Crippen LogP contribution in [-0.2, 0) is 0 Å². The topological polar surface area (TPSA) is 52.0 Å². The number of hydrogen-bond donors (Lipinski definition) is 2. The van der Waals surface area contributed by atoms with Gasteiger partial charge in [-0.15, -0.1) is 0 Å². The number of rotatable bonds is 3. The number of benzene rings is 1. The fourth-order valence-electron chi connectivity index (χ4n) is 1.14. The molecule has 4 N–H and O–H groups in total. The summed E-state index contributed by atoms with van der Waals surface area (Å²) in [6, 6.07) is 4.36. The Morgan fingerprint density at radius 1 is 1.46 bits per heavy atom. The second-order valence-electron chi connectivity index (χ2n) is 2.85. The zero-order valence-corrected chi connectivity index (χ0v) is 8.72. The van der Waals surface area contributed by atoms with Gasteiger partial charge in [-0.05, 0) is 30.7 Å². The van der Waals surface area contributed by atoms with Crippen LogP contribution in [0, 0.1) is 5.82 Å². The zero-order chi connectivity index (χ0) is 9.84. The monoisotopic (exact) mass is 246 g/mol. The Balaban J connectivity index is 2.88. The van der Waals surface area contributed by atoms with Crippen LogP contribution < -0.4 is 11.5 Å². The minimum absolute atomic E-state index is 0.125. The van der Waals surface area contributed by atoms with Crippen LogP contribution in [0.15, 0.2) is 22.7 Å². The van der Waals surface area contributed by atoms with E-state index in [0.29, 0.717) is 17.4 Å². The molecule has 0 aliphatic heterocycles. The highest BCUT2D eigenvalue weighted by molar-refractivity contribution is 9.10. The lowest BCUT2D eigenvalue weighted by Crippen LogP contribution is -2.15. The Morgan fingerprint density at radius 3 is 2.69 bits per heavy atom. The van der Waals surface area contributed by atoms with Gasteiger partial charge in [0.25, 0.3) is 0 Å². The molecule has 0 fully saturated rings. The molecule has 4 heteroatoms. The van der Waals surface area contributed by atoms with E-state index >= 15 is 0 Å². The maximum atomic E-state index is 12.7. The maximum absolute atomic E-state index is 12.7. The third kappa shape index (κ3) is 2.76. The molecule has 0 amide bonds. The van der Waals surface area contributed by atoms with Crippen molar-refractivity contribution in [3.05, 3.63) is 34.1 Å². The molecule has 0 saturated carbocycles. The van der Waals surface area contributed by atoms with Crippen molar-refractivity contribution in [1.29, 1.82) is 0 Å². The molecule has 13 heavy (non-hydrogen) atoms. The van der Waals surface area contributed by atoms with Crippen LogP contribution in [0.2, 0.25) is 0 Å². The van der Waals surface area contributed by atoms with E-state index in [1.807, 2.05) is 0 Å². The minimum Gasteiger partial charge on any atom is -0.330 e. The molecule has 0 heterocycles. The first-order valence-electron chi connectivity index (χ1n) is 4.05. The first-order chi connectivity index (χ1) is 6.15. The highest BCUT2D eigenvalue weighted by Gasteiger charge is 2.09. The summed E-state index contributed by atoms with van der Waals surface area (Å²) in [4.78, 5) is 0. The number of nitrogens with two attached hydrogens (primary N) is 2. The van der Waals surface area contributed by atoms with Gasteiger partial charge in [0, 0.05) is 10.5 Å². The van der Waals surface area contributed by atoms with E-state index in [4.69, 9.17) is 11.5 Å². The van der Waals surface area contributed by atoms with E-state index in [2.05, 4.69) is 15.9 Å². The second-order valence-corrected chi connectivity index (χ2v) is 3.70. The highest BCUT2D eigenvalue weighted by Crippen LogP contribution is 2.24. The standard InChI is InChI=1S/C9H12BrFN2/c10-8-5-6(11)1-2-7(8)9(13)3-4-12/h1-2,5,9H,3-4,12-13H2/t9-/m1/s1. The normalized spacial score (nSPS) is 12.9. The van der Waals surface area contributed by atoms with Crippen molar-refractivity contribution >= 4 is 15.9 Å². The minimum atomic E-state index is -0.268. The van der Waals surface area contributed by atoms with Gasteiger partial charge in [0.15, 0.2) is 0 Å². The van der Waals surface area contributed by atoms with E-state index < -0.39 is 0 Å². The summed E-state index contributed by atoms with van der Waals surface area (Å²) >= 11 is 3.26. The van der Waals surface area contributed by atoms with Gasteiger partial charge >= 0.3 is 0 Å². The summed E-state index contributed by atoms with van der Waals surface area (Å²) in [6.07, 6.45) is 0.699. The van der Waals surface area contributed by atoms with E-state index in [1.165, 1.54) is 12.1 Å². The molecule has 1 rings (SSSR count). The van der Waals surface area contributed by atoms with Gasteiger partial charge in [-0.25, -0.2) is 4.39 Å². The molecule has 0 bridgehead atoms. The maximum Gasteiger partial charge on any atom is 0.124 e. The molecule has 0 radical (unpaired) electrons. The van der Waals surface area contributed by atoms with Crippen molar-refractivity contribution in [2.45, 2.75) is 12.5 Å². The summed E-state index contributed by atoms with van der Waals surface area (Å²) in [6.45, 7) is 0.533. The van der Waals surface area contributed by atoms with Crippen molar-refractivity contribution in [2.75, 3.05) is 6.54 Å². The quantitative estimate of drug-likeness (QED) is 0.857. The van der Waals surface area contributed by atoms with Crippen LogP contribution in [-0.4, -0.2) is 6.54 Å². The van der Waals surface area contributed by atoms with Crippen LogP contribution in [0.4, 0.5) is 4.39 Å². The Bertz CT molecular complexity index is 291. The summed E-state index contributed by atoms with van der Waals surface area (Å²) in [5.41, 5.74) is 12.1. The summed E-state index contributed by atoms with van der Waals surface area (Å²) in [5.74, 6) is -0.268. The van der Waals surface area contributed by atoms with Crippen LogP contribution in [0.5, 0.6) is 0 Å². The van der Waals surface area contributed by atoms with Crippen LogP contribution >= 0.6 is 15.9 Å². The van der Waals surface area contributed by atoms with E-state index in [1.54, 1.807) is 6.07 Å². The number of halogens is 2. The molecule has 2 nitrogen and oxygen atoms in total. The van der Waals surface area contributed by atoms with E-state index in [-0.39, 0.29) is 11.9 Å². The average Bonchev–Trinajstić information content (AvgIpc) is 2.04. The molecule has 0 unspecified atom stereocenters. The Kier molecular flexibility index (Phi) is 3.84. The fourth-order valence-corrected chi connectivity index (χ4v) is 1.78. The second kappa shape index (κ2) is 4.69. The van der Waals surface area contributed by atoms with Crippen molar-refractivity contribution in [2.24, 2.45) is 11.5 Å². The lowest BCUT2D eigenvalue weighted by molar-refractivity contribution is 0.618. The van der Waals surface area contributed by atoms with Gasteiger partial charge < -0.3 is 11.5 Å². The Hall–Kier alpha value is -0.450. The van der Waals surface area contributed by atoms with Crippen molar-refractivity contribution in [3.63, 3.8) is 0 Å². The average molecular weight is 247 g/mol. The van der Waals surface area contributed by atoms with Crippen LogP contribution in [0.3, 0.4) is 0 Å². The smallest absolute Gasteiger partial charge is 0.124 e. The largest absolute Gasteiger partial charge is 0.330 e. The molecule has 0 aliphatic rings. The molecular formula is C9H12BrFN2. The van der Waals surface area contributed by atoms with Crippen LogP contribution in [0.25, 0.3) is 0 Å². The van der Waals surface area contributed by atoms with E-state index in [0.717, 1.165) is 5.56 Å². The SMILES string of the molecule is NCC[C@@H](N)c1ccc(F)cc1Br. The lowest BCUT2D eigenvalue weighted by Gasteiger charge is -2.12. The molecule has 0 aromatic heterocycles. The van der Waals surface area contributed by atoms with Crippen molar-refractivity contribution < 1.29 is 4.39 Å². The third-order valence-corrected chi connectivity index (χ3v) is 2.53. The molecule has 0 saturated heterocycles.